The molecule has 0 aliphatic rings. The molecule has 1 aromatic heterocycles. The number of fused-ring (bicyclic) bond motifs is 1. The van der Waals surface area contributed by atoms with Gasteiger partial charge in [-0.25, -0.2) is 4.98 Å². The van der Waals surface area contributed by atoms with Crippen molar-refractivity contribution in [3.63, 3.8) is 0 Å². The summed E-state index contributed by atoms with van der Waals surface area (Å²) in [6.07, 6.45) is 1.40. The first-order valence-electron chi connectivity index (χ1n) is 10.3. The van der Waals surface area contributed by atoms with Gasteiger partial charge < -0.3 is 10.2 Å². The summed E-state index contributed by atoms with van der Waals surface area (Å²) < 4.78 is 1.32. The molecule has 0 bridgehead atoms. The Bertz CT molecular complexity index is 1300. The molecule has 0 saturated carbocycles. The first-order chi connectivity index (χ1) is 15.4. The number of rotatable bonds is 6. The molecular formula is C25H23ClN4O2. The molecule has 0 fully saturated rings. The lowest BCUT2D eigenvalue weighted by atomic mass is 10.2. The van der Waals surface area contributed by atoms with E-state index in [4.69, 9.17) is 11.6 Å². The van der Waals surface area contributed by atoms with E-state index in [2.05, 4.69) is 10.3 Å². The van der Waals surface area contributed by atoms with Gasteiger partial charge >= 0.3 is 0 Å². The molecule has 0 spiro atoms. The zero-order valence-electron chi connectivity index (χ0n) is 17.8. The van der Waals surface area contributed by atoms with Gasteiger partial charge in [0, 0.05) is 28.1 Å². The molecule has 1 heterocycles. The van der Waals surface area contributed by atoms with Crippen LogP contribution in [0.4, 0.5) is 17.1 Å². The van der Waals surface area contributed by atoms with E-state index in [9.17, 15) is 9.59 Å². The van der Waals surface area contributed by atoms with Crippen molar-refractivity contribution in [3.8, 4) is 0 Å². The number of hydrogen-bond donors (Lipinski definition) is 1. The van der Waals surface area contributed by atoms with Gasteiger partial charge in [0.2, 0.25) is 5.91 Å². The van der Waals surface area contributed by atoms with Crippen molar-refractivity contribution < 1.29 is 4.79 Å². The zero-order valence-corrected chi connectivity index (χ0v) is 18.6. The summed E-state index contributed by atoms with van der Waals surface area (Å²) in [5.41, 5.74) is 2.92. The van der Waals surface area contributed by atoms with Crippen LogP contribution in [-0.4, -0.2) is 21.5 Å². The molecule has 1 N–H and O–H groups in total. The third-order valence-electron chi connectivity index (χ3n) is 5.08. The molecule has 0 saturated heterocycles. The number of para-hydroxylation sites is 1. The fraction of sp³-hybridized carbons (Fsp3) is 0.160. The van der Waals surface area contributed by atoms with Crippen LogP contribution in [0.5, 0.6) is 0 Å². The maximum Gasteiger partial charge on any atom is 0.261 e. The minimum Gasteiger partial charge on any atom is -0.356 e. The minimum atomic E-state index is -0.294. The molecule has 4 rings (SSSR count). The quantitative estimate of drug-likeness (QED) is 0.440. The first kappa shape index (κ1) is 21.6. The third-order valence-corrected chi connectivity index (χ3v) is 5.32. The molecule has 0 atom stereocenters. The second-order valence-corrected chi connectivity index (χ2v) is 8.17. The van der Waals surface area contributed by atoms with E-state index >= 15 is 0 Å². The van der Waals surface area contributed by atoms with E-state index in [1.807, 2.05) is 68.4 Å². The summed E-state index contributed by atoms with van der Waals surface area (Å²) in [5.74, 6) is -0.200. The molecule has 32 heavy (non-hydrogen) atoms. The van der Waals surface area contributed by atoms with Crippen LogP contribution < -0.4 is 15.8 Å². The highest BCUT2D eigenvalue weighted by Gasteiger charge is 2.20. The molecule has 0 aliphatic carbocycles. The standard InChI is InChI=1S/C25H23ClN4O2/c1-17(2)30(21-11-9-20(10-12-21)28-19-6-4-3-5-7-19)24(31)15-29-16-27-23-13-8-18(26)14-22(23)25(29)32/h3-14,16-17,28H,15H2,1-2H3. The van der Waals surface area contributed by atoms with Crippen molar-refractivity contribution in [2.24, 2.45) is 0 Å². The summed E-state index contributed by atoms with van der Waals surface area (Å²) in [7, 11) is 0. The number of amides is 1. The normalized spacial score (nSPS) is 11.0. The van der Waals surface area contributed by atoms with E-state index in [-0.39, 0.29) is 24.1 Å². The molecule has 0 aliphatic heterocycles. The minimum absolute atomic E-state index is 0.0889. The number of carbonyl (C=O) groups excluding carboxylic acids is 1. The number of anilines is 3. The molecule has 4 aromatic rings. The molecule has 6 nitrogen and oxygen atoms in total. The monoisotopic (exact) mass is 446 g/mol. The van der Waals surface area contributed by atoms with Crippen LogP contribution in [0.15, 0.2) is 83.9 Å². The van der Waals surface area contributed by atoms with Crippen LogP contribution in [0.25, 0.3) is 10.9 Å². The Hall–Kier alpha value is -3.64. The molecule has 1 amide bonds. The molecule has 162 valence electrons. The van der Waals surface area contributed by atoms with E-state index in [1.54, 1.807) is 23.1 Å². The Morgan fingerprint density at radius 2 is 1.72 bits per heavy atom. The van der Waals surface area contributed by atoms with Gasteiger partial charge in [0.15, 0.2) is 0 Å². The summed E-state index contributed by atoms with van der Waals surface area (Å²) in [4.78, 5) is 32.0. The smallest absolute Gasteiger partial charge is 0.261 e. The van der Waals surface area contributed by atoms with Crippen LogP contribution in [0.2, 0.25) is 5.02 Å². The maximum atomic E-state index is 13.2. The number of benzene rings is 3. The zero-order chi connectivity index (χ0) is 22.7. The van der Waals surface area contributed by atoms with Crippen LogP contribution in [-0.2, 0) is 11.3 Å². The van der Waals surface area contributed by atoms with Crippen molar-refractivity contribution in [1.82, 2.24) is 9.55 Å². The maximum absolute atomic E-state index is 13.2. The number of halogens is 1. The second kappa shape index (κ2) is 9.24. The van der Waals surface area contributed by atoms with Gasteiger partial charge in [0.05, 0.1) is 17.2 Å². The highest BCUT2D eigenvalue weighted by atomic mass is 35.5. The largest absolute Gasteiger partial charge is 0.356 e. The highest BCUT2D eigenvalue weighted by molar-refractivity contribution is 6.31. The lowest BCUT2D eigenvalue weighted by Gasteiger charge is -2.27. The van der Waals surface area contributed by atoms with Crippen LogP contribution in [0, 0.1) is 0 Å². The fourth-order valence-electron chi connectivity index (χ4n) is 3.59. The topological polar surface area (TPSA) is 67.2 Å². The summed E-state index contributed by atoms with van der Waals surface area (Å²) in [6, 6.07) is 22.4. The Kier molecular flexibility index (Phi) is 6.23. The van der Waals surface area contributed by atoms with Gasteiger partial charge in [0.25, 0.3) is 5.56 Å². The Balaban J connectivity index is 1.56. The van der Waals surface area contributed by atoms with Crippen molar-refractivity contribution in [2.75, 3.05) is 10.2 Å². The van der Waals surface area contributed by atoms with E-state index in [1.165, 1.54) is 10.9 Å². The van der Waals surface area contributed by atoms with Crippen molar-refractivity contribution in [2.45, 2.75) is 26.4 Å². The second-order valence-electron chi connectivity index (χ2n) is 7.73. The average Bonchev–Trinajstić information content (AvgIpc) is 2.78. The number of nitrogens with zero attached hydrogens (tertiary/aromatic N) is 3. The Morgan fingerprint density at radius 3 is 2.41 bits per heavy atom. The number of carbonyl (C=O) groups is 1. The van der Waals surface area contributed by atoms with Crippen molar-refractivity contribution >= 4 is 45.5 Å². The SMILES string of the molecule is CC(C)N(C(=O)Cn1cnc2ccc(Cl)cc2c1=O)c1ccc(Nc2ccccc2)cc1. The third kappa shape index (κ3) is 4.65. The van der Waals surface area contributed by atoms with Gasteiger partial charge in [-0.3, -0.25) is 14.2 Å². The van der Waals surface area contributed by atoms with Crippen LogP contribution in [0.3, 0.4) is 0 Å². The van der Waals surface area contributed by atoms with Gasteiger partial charge in [-0.15, -0.1) is 0 Å². The number of nitrogens with one attached hydrogen (secondary N) is 1. The summed E-state index contributed by atoms with van der Waals surface area (Å²) in [6.45, 7) is 3.76. The van der Waals surface area contributed by atoms with Crippen LogP contribution >= 0.6 is 11.6 Å². The molecule has 7 heteroatoms. The van der Waals surface area contributed by atoms with Crippen molar-refractivity contribution in [1.29, 1.82) is 0 Å². The molecule has 0 radical (unpaired) electrons. The van der Waals surface area contributed by atoms with Gasteiger partial charge in [0.1, 0.15) is 6.54 Å². The summed E-state index contributed by atoms with van der Waals surface area (Å²) in [5, 5.41) is 4.17. The first-order valence-corrected chi connectivity index (χ1v) is 10.7. The number of hydrogen-bond acceptors (Lipinski definition) is 4. The van der Waals surface area contributed by atoms with Crippen molar-refractivity contribution in [3.05, 3.63) is 94.5 Å². The fourth-order valence-corrected chi connectivity index (χ4v) is 3.76. The van der Waals surface area contributed by atoms with E-state index < -0.39 is 0 Å². The van der Waals surface area contributed by atoms with Crippen LogP contribution in [0.1, 0.15) is 13.8 Å². The van der Waals surface area contributed by atoms with E-state index in [0.29, 0.717) is 15.9 Å². The highest BCUT2D eigenvalue weighted by Crippen LogP contribution is 2.23. The predicted octanol–water partition coefficient (Wildman–Crippen LogP) is 5.24. The number of aromatic nitrogens is 2. The summed E-state index contributed by atoms with van der Waals surface area (Å²) >= 11 is 6.03. The molecule has 0 unspecified atom stereocenters. The van der Waals surface area contributed by atoms with Gasteiger partial charge in [-0.2, -0.15) is 0 Å². The van der Waals surface area contributed by atoms with Gasteiger partial charge in [-0.05, 0) is 68.4 Å². The average molecular weight is 447 g/mol. The van der Waals surface area contributed by atoms with Gasteiger partial charge in [-0.1, -0.05) is 29.8 Å². The lowest BCUT2D eigenvalue weighted by Crippen LogP contribution is -2.41. The van der Waals surface area contributed by atoms with E-state index in [0.717, 1.165) is 17.1 Å². The Labute approximate surface area is 191 Å². The predicted molar refractivity (Wildman–Crippen MR) is 130 cm³/mol. The molecular weight excluding hydrogens is 424 g/mol. The Morgan fingerprint density at radius 1 is 1.03 bits per heavy atom. The lowest BCUT2D eigenvalue weighted by molar-refractivity contribution is -0.119. The molecule has 3 aromatic carbocycles.